The zero-order valence-corrected chi connectivity index (χ0v) is 12.0. The molecule has 18 heavy (non-hydrogen) atoms. The Labute approximate surface area is 113 Å². The van der Waals surface area contributed by atoms with Crippen molar-refractivity contribution in [3.8, 4) is 0 Å². The van der Waals surface area contributed by atoms with Crippen molar-refractivity contribution in [1.82, 2.24) is 4.98 Å². The molecule has 0 saturated heterocycles. The third-order valence-electron chi connectivity index (χ3n) is 2.76. The number of fused-ring (bicyclic) bond motifs is 1. The van der Waals surface area contributed by atoms with Crippen LogP contribution in [0.15, 0.2) is 36.5 Å². The largest absolute Gasteiger partial charge is 0.323 e. The topological polar surface area (TPSA) is 38.9 Å². The van der Waals surface area contributed by atoms with Gasteiger partial charge in [-0.15, -0.1) is 0 Å². The maximum absolute atomic E-state index is 6.31. The molecule has 1 atom stereocenters. The van der Waals surface area contributed by atoms with E-state index in [4.69, 9.17) is 5.73 Å². The van der Waals surface area contributed by atoms with E-state index in [2.05, 4.69) is 50.0 Å². The summed E-state index contributed by atoms with van der Waals surface area (Å²) in [5.74, 6) is 0.916. The average molecular weight is 260 g/mol. The number of para-hydroxylation sites is 1. The molecule has 0 aliphatic heterocycles. The summed E-state index contributed by atoms with van der Waals surface area (Å²) in [4.78, 5) is 4.46. The van der Waals surface area contributed by atoms with Gasteiger partial charge >= 0.3 is 0 Å². The Bertz CT molecular complexity index is 526. The molecular formula is C15H20N2S. The highest BCUT2D eigenvalue weighted by molar-refractivity contribution is 8.00. The molecule has 1 heterocycles. The van der Waals surface area contributed by atoms with Crippen LogP contribution in [0.25, 0.3) is 10.9 Å². The number of aromatic nitrogens is 1. The summed E-state index contributed by atoms with van der Waals surface area (Å²) >= 11 is 1.89. The van der Waals surface area contributed by atoms with Gasteiger partial charge in [0.25, 0.3) is 0 Å². The number of thioether (sulfide) groups is 1. The van der Waals surface area contributed by atoms with Crippen LogP contribution in [0.5, 0.6) is 0 Å². The van der Waals surface area contributed by atoms with Gasteiger partial charge in [-0.2, -0.15) is 11.8 Å². The van der Waals surface area contributed by atoms with Gasteiger partial charge in [0.05, 0.1) is 5.52 Å². The van der Waals surface area contributed by atoms with E-state index in [0.29, 0.717) is 0 Å². The van der Waals surface area contributed by atoms with Crippen molar-refractivity contribution in [2.24, 2.45) is 5.73 Å². The maximum atomic E-state index is 6.31. The zero-order chi connectivity index (χ0) is 13.2. The van der Waals surface area contributed by atoms with E-state index in [-0.39, 0.29) is 10.8 Å². The van der Waals surface area contributed by atoms with Gasteiger partial charge in [-0.05, 0) is 11.6 Å². The predicted molar refractivity (Wildman–Crippen MR) is 80.9 cm³/mol. The highest BCUT2D eigenvalue weighted by Crippen LogP contribution is 2.29. The van der Waals surface area contributed by atoms with Gasteiger partial charge in [0.1, 0.15) is 0 Å². The van der Waals surface area contributed by atoms with E-state index in [1.165, 1.54) is 0 Å². The average Bonchev–Trinajstić information content (AvgIpc) is 2.34. The van der Waals surface area contributed by atoms with Crippen LogP contribution < -0.4 is 5.73 Å². The van der Waals surface area contributed by atoms with Crippen LogP contribution in [-0.4, -0.2) is 15.5 Å². The van der Waals surface area contributed by atoms with Crippen molar-refractivity contribution in [2.75, 3.05) is 5.75 Å². The molecule has 0 amide bonds. The lowest BCUT2D eigenvalue weighted by Crippen LogP contribution is -2.18. The van der Waals surface area contributed by atoms with Crippen LogP contribution in [0.2, 0.25) is 0 Å². The minimum atomic E-state index is 0.0350. The van der Waals surface area contributed by atoms with E-state index in [1.807, 2.05) is 24.0 Å². The summed E-state index contributed by atoms with van der Waals surface area (Å²) in [7, 11) is 0. The number of pyridine rings is 1. The van der Waals surface area contributed by atoms with Crippen LogP contribution in [0.3, 0.4) is 0 Å². The molecule has 0 spiro atoms. The third-order valence-corrected chi connectivity index (χ3v) is 4.15. The Morgan fingerprint density at radius 1 is 1.22 bits per heavy atom. The van der Waals surface area contributed by atoms with Crippen molar-refractivity contribution in [1.29, 1.82) is 0 Å². The Morgan fingerprint density at radius 2 is 1.94 bits per heavy atom. The molecule has 0 aliphatic rings. The second kappa shape index (κ2) is 5.29. The maximum Gasteiger partial charge on any atom is 0.0749 e. The SMILES string of the molecule is CC(C)(C)SCC(N)c1cccc2cccnc12. The first kappa shape index (κ1) is 13.4. The lowest BCUT2D eigenvalue weighted by atomic mass is 10.0. The van der Waals surface area contributed by atoms with Crippen molar-refractivity contribution in [3.05, 3.63) is 42.1 Å². The molecule has 0 bridgehead atoms. The Morgan fingerprint density at radius 3 is 2.67 bits per heavy atom. The van der Waals surface area contributed by atoms with Crippen molar-refractivity contribution < 1.29 is 0 Å². The molecule has 2 rings (SSSR count). The predicted octanol–water partition coefficient (Wildman–Crippen LogP) is 3.77. The van der Waals surface area contributed by atoms with Crippen LogP contribution in [0, 0.1) is 0 Å². The first-order valence-electron chi connectivity index (χ1n) is 6.20. The van der Waals surface area contributed by atoms with Crippen LogP contribution in [-0.2, 0) is 0 Å². The summed E-state index contributed by atoms with van der Waals surface area (Å²) in [6, 6.07) is 10.3. The molecular weight excluding hydrogens is 240 g/mol. The normalized spacial score (nSPS) is 13.8. The Balaban J connectivity index is 2.25. The summed E-state index contributed by atoms with van der Waals surface area (Å²) in [6.45, 7) is 6.64. The van der Waals surface area contributed by atoms with Gasteiger partial charge in [0, 0.05) is 28.1 Å². The van der Waals surface area contributed by atoms with Gasteiger partial charge in [-0.1, -0.05) is 45.0 Å². The molecule has 0 aliphatic carbocycles. The number of nitrogens with zero attached hydrogens (tertiary/aromatic N) is 1. The molecule has 2 nitrogen and oxygen atoms in total. The van der Waals surface area contributed by atoms with E-state index < -0.39 is 0 Å². The molecule has 0 fully saturated rings. The van der Waals surface area contributed by atoms with Gasteiger partial charge in [-0.3, -0.25) is 4.98 Å². The van der Waals surface area contributed by atoms with E-state index in [1.54, 1.807) is 0 Å². The molecule has 1 aromatic carbocycles. The standard InChI is InChI=1S/C15H20N2S/c1-15(2,3)18-10-13(16)12-8-4-6-11-7-5-9-17-14(11)12/h4-9,13H,10,16H2,1-3H3. The molecule has 1 aromatic heterocycles. The highest BCUT2D eigenvalue weighted by Gasteiger charge is 2.16. The Hall–Kier alpha value is -1.06. The highest BCUT2D eigenvalue weighted by atomic mass is 32.2. The van der Waals surface area contributed by atoms with E-state index in [0.717, 1.165) is 22.2 Å². The Kier molecular flexibility index (Phi) is 3.93. The second-order valence-electron chi connectivity index (χ2n) is 5.45. The minimum absolute atomic E-state index is 0.0350. The van der Waals surface area contributed by atoms with Gasteiger partial charge in [-0.25, -0.2) is 0 Å². The van der Waals surface area contributed by atoms with Crippen molar-refractivity contribution in [2.45, 2.75) is 31.6 Å². The van der Waals surface area contributed by atoms with Crippen LogP contribution >= 0.6 is 11.8 Å². The van der Waals surface area contributed by atoms with Crippen molar-refractivity contribution in [3.63, 3.8) is 0 Å². The van der Waals surface area contributed by atoms with E-state index in [9.17, 15) is 0 Å². The second-order valence-corrected chi connectivity index (χ2v) is 7.30. The molecule has 96 valence electrons. The molecule has 2 aromatic rings. The summed E-state index contributed by atoms with van der Waals surface area (Å²) in [6.07, 6.45) is 1.83. The number of hydrogen-bond donors (Lipinski definition) is 1. The fraction of sp³-hybridized carbons (Fsp3) is 0.400. The fourth-order valence-corrected chi connectivity index (χ4v) is 2.72. The van der Waals surface area contributed by atoms with Crippen LogP contribution in [0.4, 0.5) is 0 Å². The summed E-state index contributed by atoms with van der Waals surface area (Å²) in [5.41, 5.74) is 8.48. The summed E-state index contributed by atoms with van der Waals surface area (Å²) < 4.78 is 0.246. The molecule has 1 unspecified atom stereocenters. The number of hydrogen-bond acceptors (Lipinski definition) is 3. The lowest BCUT2D eigenvalue weighted by molar-refractivity contribution is 0.781. The number of nitrogens with two attached hydrogens (primary N) is 1. The number of benzene rings is 1. The third kappa shape index (κ3) is 3.24. The fourth-order valence-electron chi connectivity index (χ4n) is 1.86. The quantitative estimate of drug-likeness (QED) is 0.913. The lowest BCUT2D eigenvalue weighted by Gasteiger charge is -2.21. The van der Waals surface area contributed by atoms with Gasteiger partial charge in [0.15, 0.2) is 0 Å². The monoisotopic (exact) mass is 260 g/mol. The molecule has 2 N–H and O–H groups in total. The van der Waals surface area contributed by atoms with Gasteiger partial charge < -0.3 is 5.73 Å². The summed E-state index contributed by atoms with van der Waals surface area (Å²) in [5, 5.41) is 1.16. The molecule has 0 saturated carbocycles. The zero-order valence-electron chi connectivity index (χ0n) is 11.2. The van der Waals surface area contributed by atoms with Gasteiger partial charge in [0.2, 0.25) is 0 Å². The van der Waals surface area contributed by atoms with Crippen molar-refractivity contribution >= 4 is 22.7 Å². The van der Waals surface area contributed by atoms with E-state index >= 15 is 0 Å². The smallest absolute Gasteiger partial charge is 0.0749 e. The first-order chi connectivity index (χ1) is 8.47. The first-order valence-corrected chi connectivity index (χ1v) is 7.19. The van der Waals surface area contributed by atoms with Crippen LogP contribution in [0.1, 0.15) is 32.4 Å². The molecule has 3 heteroatoms. The number of rotatable bonds is 3. The molecule has 0 radical (unpaired) electrons. The minimum Gasteiger partial charge on any atom is -0.323 e.